The van der Waals surface area contributed by atoms with Gasteiger partial charge in [-0.3, -0.25) is 19.1 Å². The number of carbonyl (C=O) groups is 1. The summed E-state index contributed by atoms with van der Waals surface area (Å²) in [5, 5.41) is 17.2. The Labute approximate surface area is 360 Å². The van der Waals surface area contributed by atoms with Gasteiger partial charge in [-0.1, -0.05) is 78.9 Å². The lowest BCUT2D eigenvalue weighted by molar-refractivity contribution is -0.115. The number of aromatic nitrogens is 2. The van der Waals surface area contributed by atoms with Crippen LogP contribution in [-0.4, -0.2) is 85.0 Å². The number of anilines is 1. The van der Waals surface area contributed by atoms with E-state index in [0.29, 0.717) is 17.2 Å². The zero-order valence-electron chi connectivity index (χ0n) is 35.8. The summed E-state index contributed by atoms with van der Waals surface area (Å²) in [4.78, 5) is 41.0. The lowest BCUT2D eigenvalue weighted by Gasteiger charge is -2.37. The fourth-order valence-electron chi connectivity index (χ4n) is 7.51. The van der Waals surface area contributed by atoms with Crippen molar-refractivity contribution in [3.63, 3.8) is 0 Å². The summed E-state index contributed by atoms with van der Waals surface area (Å²) >= 11 is 0. The topological polar surface area (TPSA) is 172 Å². The van der Waals surface area contributed by atoms with Crippen LogP contribution in [0.15, 0.2) is 125 Å². The molecule has 4 aromatic carbocycles. The van der Waals surface area contributed by atoms with Gasteiger partial charge in [0.2, 0.25) is 5.91 Å². The van der Waals surface area contributed by atoms with Crippen molar-refractivity contribution in [2.75, 3.05) is 39.2 Å². The largest absolute Gasteiger partial charge is 0.497 e. The van der Waals surface area contributed by atoms with E-state index in [1.807, 2.05) is 119 Å². The Balaban J connectivity index is 0.990. The first-order valence-corrected chi connectivity index (χ1v) is 20.5. The second-order valence-corrected chi connectivity index (χ2v) is 16.3. The van der Waals surface area contributed by atoms with Crippen LogP contribution in [-0.2, 0) is 29.2 Å². The van der Waals surface area contributed by atoms with Crippen LogP contribution in [0, 0.1) is 0 Å². The molecule has 0 bridgehead atoms. The van der Waals surface area contributed by atoms with Crippen LogP contribution in [0.2, 0.25) is 0 Å². The third-order valence-electron chi connectivity index (χ3n) is 11.7. The molecule has 1 aromatic heterocycles. The van der Waals surface area contributed by atoms with Crippen molar-refractivity contribution in [2.24, 2.45) is 0 Å². The highest BCUT2D eigenvalue weighted by Gasteiger charge is 2.51. The number of methoxy groups -OCH3 is 2. The summed E-state index contributed by atoms with van der Waals surface area (Å²) < 4.78 is 37.6. The number of hydrogen-bond acceptors (Lipinski definition) is 11. The molecule has 2 saturated heterocycles. The number of carbonyl (C=O) groups excluding carboxylic acids is 1. The molecule has 0 radical (unpaired) electrons. The highest BCUT2D eigenvalue weighted by atomic mass is 16.7. The lowest BCUT2D eigenvalue weighted by Crippen LogP contribution is -2.41. The molecular weight excluding hydrogens is 791 g/mol. The summed E-state index contributed by atoms with van der Waals surface area (Å²) in [6.45, 7) is 8.20. The van der Waals surface area contributed by atoms with Gasteiger partial charge in [-0.2, -0.15) is 0 Å². The van der Waals surface area contributed by atoms with Crippen LogP contribution in [0.3, 0.4) is 0 Å². The maximum absolute atomic E-state index is 13.1. The smallest absolute Gasteiger partial charge is 0.494 e. The molecule has 0 saturated carbocycles. The fraction of sp³-hybridized carbons (Fsp3) is 0.340. The summed E-state index contributed by atoms with van der Waals surface area (Å²) in [5.74, 6) is 1.11. The predicted molar refractivity (Wildman–Crippen MR) is 237 cm³/mol. The molecule has 3 heterocycles. The number of H-pyrrole nitrogens is 1. The molecule has 7 rings (SSSR count). The van der Waals surface area contributed by atoms with Gasteiger partial charge in [0.25, 0.3) is 5.56 Å². The Bertz CT molecular complexity index is 2390. The molecular formula is C47H53BN4O10. The first-order chi connectivity index (χ1) is 29.7. The average molecular weight is 845 g/mol. The van der Waals surface area contributed by atoms with Gasteiger partial charge in [0.15, 0.2) is 0 Å². The Morgan fingerprint density at radius 3 is 2.03 bits per heavy atom. The molecule has 324 valence electrons. The maximum atomic E-state index is 13.1. The molecule has 4 N–H and O–H groups in total. The van der Waals surface area contributed by atoms with Gasteiger partial charge in [-0.05, 0) is 86.2 Å². The van der Waals surface area contributed by atoms with Crippen LogP contribution >= 0.6 is 0 Å². The molecule has 62 heavy (non-hydrogen) atoms. The standard InChI is InChI=1S/C47H53BN4O10/c1-45(2)46(3,4)62-48(61-45)35-18-20-36(21-19-35)50-41(54)28-49-26-10-11-31-29-52(44(56)51-43(31)55)42-27-39(53)40(60-42)30-59-47(32-12-8-7-9-13-32,33-14-22-37(57-5)23-15-33)34-16-24-38(58-6)25-17-34/h7-25,29,39-40,42,49,53H,26-28,30H2,1-6H3,(H,50,54)(H,51,55,56)/t39?,40-,42-/m1/s1. The Kier molecular flexibility index (Phi) is 13.3. The number of benzene rings is 4. The van der Waals surface area contributed by atoms with E-state index in [9.17, 15) is 19.5 Å². The van der Waals surface area contributed by atoms with E-state index < -0.39 is 53.6 Å². The summed E-state index contributed by atoms with van der Waals surface area (Å²) in [6.07, 6.45) is 1.98. The first kappa shape index (κ1) is 44.3. The van der Waals surface area contributed by atoms with Gasteiger partial charge < -0.3 is 44.0 Å². The Morgan fingerprint density at radius 2 is 1.45 bits per heavy atom. The van der Waals surface area contributed by atoms with Crippen molar-refractivity contribution < 1.29 is 38.2 Å². The van der Waals surface area contributed by atoms with Gasteiger partial charge in [0.05, 0.1) is 50.2 Å². The Morgan fingerprint density at radius 1 is 0.871 bits per heavy atom. The molecule has 1 unspecified atom stereocenters. The SMILES string of the molecule is COc1ccc(C(OC[C@H]2O[C@@H](n3cc(C=CCNCC(=O)Nc4ccc(B5OC(C)(C)C(C)(C)O5)cc4)c(=O)[nH]c3=O)CC2O)(c2ccccc2)c2ccc(OC)cc2)cc1. The monoisotopic (exact) mass is 844 g/mol. The van der Waals surface area contributed by atoms with Crippen molar-refractivity contribution in [3.8, 4) is 11.5 Å². The van der Waals surface area contributed by atoms with Crippen LogP contribution in [0.4, 0.5) is 5.69 Å². The van der Waals surface area contributed by atoms with Crippen molar-refractivity contribution in [1.82, 2.24) is 14.9 Å². The third-order valence-corrected chi connectivity index (χ3v) is 11.7. The van der Waals surface area contributed by atoms with Crippen LogP contribution < -0.4 is 36.8 Å². The van der Waals surface area contributed by atoms with Crippen molar-refractivity contribution in [1.29, 1.82) is 0 Å². The van der Waals surface area contributed by atoms with E-state index in [1.165, 1.54) is 10.8 Å². The average Bonchev–Trinajstić information content (AvgIpc) is 3.74. The van der Waals surface area contributed by atoms with Crippen LogP contribution in [0.1, 0.15) is 62.6 Å². The Hall–Kier alpha value is -5.81. The van der Waals surface area contributed by atoms with Crippen LogP contribution in [0.25, 0.3) is 6.08 Å². The van der Waals surface area contributed by atoms with E-state index in [1.54, 1.807) is 38.5 Å². The maximum Gasteiger partial charge on any atom is 0.494 e. The number of amides is 1. The van der Waals surface area contributed by atoms with E-state index in [2.05, 4.69) is 15.6 Å². The van der Waals surface area contributed by atoms with Gasteiger partial charge in [-0.25, -0.2) is 4.79 Å². The number of rotatable bonds is 16. The number of hydrogen-bond donors (Lipinski definition) is 4. The minimum Gasteiger partial charge on any atom is -0.497 e. The number of aliphatic hydroxyl groups excluding tert-OH is 1. The highest BCUT2D eigenvalue weighted by Crippen LogP contribution is 2.43. The number of ether oxygens (including phenoxy) is 4. The second kappa shape index (κ2) is 18.7. The molecule has 14 nitrogen and oxygen atoms in total. The molecule has 1 amide bonds. The van der Waals surface area contributed by atoms with Gasteiger partial charge >= 0.3 is 12.8 Å². The lowest BCUT2D eigenvalue weighted by atomic mass is 9.79. The fourth-order valence-corrected chi connectivity index (χ4v) is 7.51. The zero-order valence-corrected chi connectivity index (χ0v) is 35.8. The zero-order chi connectivity index (χ0) is 44.1. The van der Waals surface area contributed by atoms with Crippen molar-refractivity contribution in [3.05, 3.63) is 158 Å². The number of nitrogens with zero attached hydrogens (tertiary/aromatic N) is 1. The predicted octanol–water partition coefficient (Wildman–Crippen LogP) is 4.75. The summed E-state index contributed by atoms with van der Waals surface area (Å²) in [6, 6.07) is 32.3. The van der Waals surface area contributed by atoms with E-state index >= 15 is 0 Å². The molecule has 15 heteroatoms. The highest BCUT2D eigenvalue weighted by molar-refractivity contribution is 6.62. The van der Waals surface area contributed by atoms with Gasteiger partial charge in [0, 0.05) is 24.8 Å². The molecule has 0 spiro atoms. The second-order valence-electron chi connectivity index (χ2n) is 16.3. The number of aromatic amines is 1. The molecule has 3 atom stereocenters. The molecule has 0 aliphatic carbocycles. The van der Waals surface area contributed by atoms with Crippen molar-refractivity contribution in [2.45, 2.75) is 69.4 Å². The van der Waals surface area contributed by atoms with Gasteiger partial charge in [-0.15, -0.1) is 0 Å². The van der Waals surface area contributed by atoms with Crippen LogP contribution in [0.5, 0.6) is 11.5 Å². The molecule has 5 aromatic rings. The summed E-state index contributed by atoms with van der Waals surface area (Å²) in [7, 11) is 2.71. The molecule has 2 aliphatic rings. The number of aliphatic hydroxyl groups is 1. The summed E-state index contributed by atoms with van der Waals surface area (Å²) in [5.41, 5.74) is 0.807. The minimum atomic E-state index is -1.15. The van der Waals surface area contributed by atoms with E-state index in [0.717, 1.165) is 22.2 Å². The van der Waals surface area contributed by atoms with Gasteiger partial charge in [0.1, 0.15) is 29.4 Å². The van der Waals surface area contributed by atoms with Crippen molar-refractivity contribution >= 4 is 30.3 Å². The van der Waals surface area contributed by atoms with E-state index in [-0.39, 0.29) is 37.6 Å². The van der Waals surface area contributed by atoms with E-state index in [4.69, 9.17) is 28.3 Å². The molecule has 2 aliphatic heterocycles. The minimum absolute atomic E-state index is 0.0128. The quantitative estimate of drug-likeness (QED) is 0.0614. The third kappa shape index (κ3) is 9.48. The number of nitrogens with one attached hydrogen (secondary N) is 3. The normalized spacial score (nSPS) is 19.5. The first-order valence-electron chi connectivity index (χ1n) is 20.5. The molecule has 2 fully saturated rings.